The van der Waals surface area contributed by atoms with Crippen LogP contribution < -0.4 is 5.32 Å². The average Bonchev–Trinajstić information content (AvgIpc) is 2.12. The highest BCUT2D eigenvalue weighted by molar-refractivity contribution is 7.87. The van der Waals surface area contributed by atoms with Gasteiger partial charge >= 0.3 is 0 Å². The summed E-state index contributed by atoms with van der Waals surface area (Å²) in [4.78, 5) is 9.81. The van der Waals surface area contributed by atoms with Crippen molar-refractivity contribution in [2.24, 2.45) is 0 Å². The zero-order chi connectivity index (χ0) is 12.1. The van der Waals surface area contributed by atoms with Crippen molar-refractivity contribution >= 4 is 16.0 Å². The molecule has 0 spiro atoms. The van der Waals surface area contributed by atoms with E-state index >= 15 is 0 Å². The van der Waals surface area contributed by atoms with Crippen molar-refractivity contribution in [2.75, 3.05) is 0 Å². The van der Waals surface area contributed by atoms with Crippen LogP contribution in [0, 0.1) is 0 Å². The summed E-state index contributed by atoms with van der Waals surface area (Å²) in [6, 6.07) is 0. The first-order valence-corrected chi connectivity index (χ1v) is 6.55. The number of hydrogen-bond acceptors (Lipinski definition) is 3. The Morgan fingerprint density at radius 2 is 1.73 bits per heavy atom. The molecule has 2 N–H and O–H groups in total. The minimum Gasteiger partial charge on any atom is -0.335 e. The van der Waals surface area contributed by atoms with E-state index < -0.39 is 15.0 Å². The second-order valence-electron chi connectivity index (χ2n) is 3.47. The second kappa shape index (κ2) is 5.46. The predicted molar refractivity (Wildman–Crippen MR) is 57.9 cm³/mol. The van der Waals surface area contributed by atoms with Crippen LogP contribution in [0.3, 0.4) is 0 Å². The van der Waals surface area contributed by atoms with Gasteiger partial charge in [-0.2, -0.15) is 8.42 Å². The van der Waals surface area contributed by atoms with Gasteiger partial charge in [0.05, 0.1) is 0 Å². The molecular formula is C9H19NO4S. The Morgan fingerprint density at radius 3 is 2.00 bits per heavy atom. The van der Waals surface area contributed by atoms with Crippen LogP contribution in [0.15, 0.2) is 0 Å². The molecule has 0 unspecified atom stereocenters. The first-order valence-electron chi connectivity index (χ1n) is 5.11. The maximum absolute atomic E-state index is 11.3. The number of carbonyl (C=O) groups excluding carboxylic acids is 1. The lowest BCUT2D eigenvalue weighted by atomic mass is 10.1. The Bertz CT molecular complexity index is 306. The number of rotatable bonds is 6. The standard InChI is InChI=1S/C9H19NO4S/c1-4-7-8(11)10-9(5-2,6-3)15(12,13)14/h4-7H2,1-3H3,(H,10,11)(H,12,13,14). The molecule has 90 valence electrons. The van der Waals surface area contributed by atoms with Gasteiger partial charge in [-0.25, -0.2) is 0 Å². The Morgan fingerprint density at radius 1 is 1.27 bits per heavy atom. The molecule has 0 aromatic rings. The van der Waals surface area contributed by atoms with E-state index in [4.69, 9.17) is 4.55 Å². The summed E-state index contributed by atoms with van der Waals surface area (Å²) in [6.45, 7) is 5.06. The highest BCUT2D eigenvalue weighted by atomic mass is 32.2. The summed E-state index contributed by atoms with van der Waals surface area (Å²) < 4.78 is 31.5. The van der Waals surface area contributed by atoms with Gasteiger partial charge in [0.25, 0.3) is 10.1 Å². The molecule has 0 aliphatic carbocycles. The minimum absolute atomic E-state index is 0.151. The summed E-state index contributed by atoms with van der Waals surface area (Å²) in [5, 5.41) is 2.39. The molecule has 0 aromatic heterocycles. The van der Waals surface area contributed by atoms with E-state index in [1.54, 1.807) is 13.8 Å². The van der Waals surface area contributed by atoms with Gasteiger partial charge in [-0.3, -0.25) is 9.35 Å². The van der Waals surface area contributed by atoms with Gasteiger partial charge in [0.15, 0.2) is 4.87 Å². The molecule has 0 heterocycles. The summed E-state index contributed by atoms with van der Waals surface area (Å²) in [5.41, 5.74) is 0. The van der Waals surface area contributed by atoms with Crippen molar-refractivity contribution in [3.63, 3.8) is 0 Å². The largest absolute Gasteiger partial charge is 0.335 e. The molecule has 0 aromatic carbocycles. The highest BCUT2D eigenvalue weighted by Gasteiger charge is 2.40. The smallest absolute Gasteiger partial charge is 0.289 e. The highest BCUT2D eigenvalue weighted by Crippen LogP contribution is 2.21. The van der Waals surface area contributed by atoms with E-state index in [0.717, 1.165) is 0 Å². The van der Waals surface area contributed by atoms with Crippen molar-refractivity contribution in [1.29, 1.82) is 0 Å². The fourth-order valence-corrected chi connectivity index (χ4v) is 2.37. The van der Waals surface area contributed by atoms with E-state index in [9.17, 15) is 13.2 Å². The van der Waals surface area contributed by atoms with Crippen molar-refractivity contribution < 1.29 is 17.8 Å². The van der Waals surface area contributed by atoms with Gasteiger partial charge in [0, 0.05) is 6.42 Å². The van der Waals surface area contributed by atoms with Crippen LogP contribution in [-0.4, -0.2) is 23.7 Å². The molecule has 0 rings (SSSR count). The lowest BCUT2D eigenvalue weighted by molar-refractivity contribution is -0.122. The third-order valence-corrected chi connectivity index (χ3v) is 4.15. The van der Waals surface area contributed by atoms with Crippen LogP contribution in [0.2, 0.25) is 0 Å². The Balaban J connectivity index is 4.90. The second-order valence-corrected chi connectivity index (χ2v) is 5.21. The predicted octanol–water partition coefficient (Wildman–Crippen LogP) is 1.31. The average molecular weight is 237 g/mol. The van der Waals surface area contributed by atoms with Crippen molar-refractivity contribution in [3.05, 3.63) is 0 Å². The third-order valence-electron chi connectivity index (χ3n) is 2.48. The van der Waals surface area contributed by atoms with E-state index in [-0.39, 0.29) is 25.2 Å². The number of hydrogen-bond donors (Lipinski definition) is 2. The van der Waals surface area contributed by atoms with Crippen LogP contribution >= 0.6 is 0 Å². The summed E-state index contributed by atoms with van der Waals surface area (Å²) >= 11 is 0. The molecule has 0 radical (unpaired) electrons. The molecule has 15 heavy (non-hydrogen) atoms. The zero-order valence-electron chi connectivity index (χ0n) is 9.41. The van der Waals surface area contributed by atoms with Crippen LogP contribution in [0.25, 0.3) is 0 Å². The van der Waals surface area contributed by atoms with Gasteiger partial charge in [-0.05, 0) is 19.3 Å². The van der Waals surface area contributed by atoms with E-state index in [2.05, 4.69) is 5.32 Å². The lowest BCUT2D eigenvalue weighted by Gasteiger charge is -2.29. The number of amides is 1. The van der Waals surface area contributed by atoms with E-state index in [0.29, 0.717) is 6.42 Å². The molecule has 0 atom stereocenters. The Kier molecular flexibility index (Phi) is 5.23. The van der Waals surface area contributed by atoms with Gasteiger partial charge < -0.3 is 5.32 Å². The van der Waals surface area contributed by atoms with Crippen molar-refractivity contribution in [1.82, 2.24) is 5.32 Å². The van der Waals surface area contributed by atoms with E-state index in [1.807, 2.05) is 6.92 Å². The maximum Gasteiger partial charge on any atom is 0.289 e. The molecule has 0 saturated carbocycles. The van der Waals surface area contributed by atoms with Crippen molar-refractivity contribution in [3.8, 4) is 0 Å². The summed E-state index contributed by atoms with van der Waals surface area (Å²) in [6.07, 6.45) is 1.20. The van der Waals surface area contributed by atoms with Crippen molar-refractivity contribution in [2.45, 2.75) is 51.3 Å². The quantitative estimate of drug-likeness (QED) is 0.682. The van der Waals surface area contributed by atoms with Crippen LogP contribution in [0.5, 0.6) is 0 Å². The van der Waals surface area contributed by atoms with Gasteiger partial charge in [0.2, 0.25) is 5.91 Å². The lowest BCUT2D eigenvalue weighted by Crippen LogP contribution is -2.53. The maximum atomic E-state index is 11.3. The number of nitrogens with one attached hydrogen (secondary N) is 1. The summed E-state index contributed by atoms with van der Waals surface area (Å²) in [5.74, 6) is -0.348. The zero-order valence-corrected chi connectivity index (χ0v) is 10.2. The molecule has 5 nitrogen and oxygen atoms in total. The fourth-order valence-electron chi connectivity index (χ4n) is 1.40. The normalized spacial score (nSPS) is 12.5. The topological polar surface area (TPSA) is 83.5 Å². The minimum atomic E-state index is -4.27. The Labute approximate surface area is 91.0 Å². The summed E-state index contributed by atoms with van der Waals surface area (Å²) in [7, 11) is -4.27. The molecule has 1 amide bonds. The first kappa shape index (κ1) is 14.4. The fraction of sp³-hybridized carbons (Fsp3) is 0.889. The molecule has 6 heteroatoms. The SMILES string of the molecule is CCCC(=O)NC(CC)(CC)S(=O)(=O)O. The van der Waals surface area contributed by atoms with Crippen LogP contribution in [0.4, 0.5) is 0 Å². The third kappa shape index (κ3) is 3.46. The molecule has 0 bridgehead atoms. The first-order chi connectivity index (χ1) is 6.83. The molecular weight excluding hydrogens is 218 g/mol. The molecule has 0 aliphatic rings. The molecule has 0 fully saturated rings. The van der Waals surface area contributed by atoms with Gasteiger partial charge in [-0.1, -0.05) is 20.8 Å². The van der Waals surface area contributed by atoms with Gasteiger partial charge in [0.1, 0.15) is 0 Å². The molecule has 0 aliphatic heterocycles. The van der Waals surface area contributed by atoms with Crippen LogP contribution in [-0.2, 0) is 14.9 Å². The van der Waals surface area contributed by atoms with Gasteiger partial charge in [-0.15, -0.1) is 0 Å². The monoisotopic (exact) mass is 237 g/mol. The van der Waals surface area contributed by atoms with Crippen LogP contribution in [0.1, 0.15) is 46.5 Å². The van der Waals surface area contributed by atoms with E-state index in [1.165, 1.54) is 0 Å². The Hall–Kier alpha value is -0.620. The number of carbonyl (C=O) groups is 1. The molecule has 0 saturated heterocycles.